The van der Waals surface area contributed by atoms with Gasteiger partial charge in [-0.25, -0.2) is 0 Å². The molecule has 0 bridgehead atoms. The third-order valence-electron chi connectivity index (χ3n) is 2.59. The van der Waals surface area contributed by atoms with Crippen LogP contribution in [0, 0.1) is 0 Å². The third-order valence-corrected chi connectivity index (χ3v) is 2.59. The van der Waals surface area contributed by atoms with Gasteiger partial charge in [-0.2, -0.15) is 0 Å². The van der Waals surface area contributed by atoms with Gasteiger partial charge < -0.3 is 15.8 Å². The van der Waals surface area contributed by atoms with Crippen LogP contribution in [0.3, 0.4) is 0 Å². The molecule has 0 aromatic carbocycles. The fraction of sp³-hybridized carbons (Fsp3) is 1.00. The first-order chi connectivity index (χ1) is 6.33. The summed E-state index contributed by atoms with van der Waals surface area (Å²) in [4.78, 5) is 0. The summed E-state index contributed by atoms with van der Waals surface area (Å²) >= 11 is 0. The molecular formula is C10H22N2O. The summed E-state index contributed by atoms with van der Waals surface area (Å²) in [6.07, 6.45) is 5.43. The van der Waals surface area contributed by atoms with Gasteiger partial charge in [-0.15, -0.1) is 0 Å². The highest BCUT2D eigenvalue weighted by Gasteiger charge is 2.13. The van der Waals surface area contributed by atoms with Gasteiger partial charge in [0.2, 0.25) is 0 Å². The minimum atomic E-state index is 0.434. The van der Waals surface area contributed by atoms with Gasteiger partial charge in [-0.05, 0) is 39.2 Å². The average molecular weight is 186 g/mol. The van der Waals surface area contributed by atoms with Gasteiger partial charge in [0, 0.05) is 19.2 Å². The van der Waals surface area contributed by atoms with E-state index in [-0.39, 0.29) is 0 Å². The zero-order valence-corrected chi connectivity index (χ0v) is 8.59. The van der Waals surface area contributed by atoms with Crippen LogP contribution in [0.2, 0.25) is 0 Å². The first kappa shape index (κ1) is 11.0. The summed E-state index contributed by atoms with van der Waals surface area (Å²) < 4.78 is 5.62. The summed E-state index contributed by atoms with van der Waals surface area (Å²) in [5.41, 5.74) is 5.50. The zero-order valence-electron chi connectivity index (χ0n) is 8.59. The van der Waals surface area contributed by atoms with Crippen LogP contribution in [0.15, 0.2) is 0 Å². The van der Waals surface area contributed by atoms with Crippen LogP contribution in [0.1, 0.15) is 32.6 Å². The summed E-state index contributed by atoms with van der Waals surface area (Å²) in [7, 11) is 0. The van der Waals surface area contributed by atoms with E-state index in [9.17, 15) is 0 Å². The average Bonchev–Trinajstić information content (AvgIpc) is 2.19. The van der Waals surface area contributed by atoms with Gasteiger partial charge in [-0.3, -0.25) is 0 Å². The molecule has 1 unspecified atom stereocenters. The fourth-order valence-corrected chi connectivity index (χ4v) is 1.61. The normalized spacial score (nSPS) is 25.8. The monoisotopic (exact) mass is 186 g/mol. The van der Waals surface area contributed by atoms with Gasteiger partial charge in [0.05, 0.1) is 6.10 Å². The molecule has 1 saturated heterocycles. The quantitative estimate of drug-likeness (QED) is 0.670. The lowest BCUT2D eigenvalue weighted by atomic mass is 10.1. The summed E-state index contributed by atoms with van der Waals surface area (Å²) in [6, 6.07) is 0.434. The molecule has 3 N–H and O–H groups in total. The van der Waals surface area contributed by atoms with E-state index in [1.807, 2.05) is 0 Å². The molecule has 78 valence electrons. The van der Waals surface area contributed by atoms with Crippen molar-refractivity contribution in [2.24, 2.45) is 5.73 Å². The molecule has 3 heteroatoms. The lowest BCUT2D eigenvalue weighted by Gasteiger charge is -2.23. The number of hydrogen-bond acceptors (Lipinski definition) is 3. The smallest absolute Gasteiger partial charge is 0.0587 e. The van der Waals surface area contributed by atoms with E-state index in [4.69, 9.17) is 10.5 Å². The highest BCUT2D eigenvalue weighted by molar-refractivity contribution is 4.67. The molecule has 1 fully saturated rings. The lowest BCUT2D eigenvalue weighted by Crippen LogP contribution is -2.35. The van der Waals surface area contributed by atoms with Crippen LogP contribution in [0.5, 0.6) is 0 Å². The first-order valence-electron chi connectivity index (χ1n) is 5.38. The fourth-order valence-electron chi connectivity index (χ4n) is 1.61. The van der Waals surface area contributed by atoms with Crippen LogP contribution in [-0.4, -0.2) is 31.8 Å². The number of ether oxygens (including phenoxy) is 1. The SMILES string of the molecule is C[C@H](CN)NCCC1CCCCO1. The summed E-state index contributed by atoms with van der Waals surface area (Å²) in [5, 5.41) is 3.37. The maximum Gasteiger partial charge on any atom is 0.0587 e. The van der Waals surface area contributed by atoms with E-state index in [0.717, 1.165) is 19.6 Å². The highest BCUT2D eigenvalue weighted by Crippen LogP contribution is 2.14. The topological polar surface area (TPSA) is 47.3 Å². The molecule has 0 spiro atoms. The van der Waals surface area contributed by atoms with Crippen LogP contribution >= 0.6 is 0 Å². The molecule has 0 aromatic heterocycles. The van der Waals surface area contributed by atoms with Crippen molar-refractivity contribution < 1.29 is 4.74 Å². The third kappa shape index (κ3) is 4.60. The van der Waals surface area contributed by atoms with Crippen molar-refractivity contribution >= 4 is 0 Å². The molecule has 0 saturated carbocycles. The molecule has 0 aliphatic carbocycles. The van der Waals surface area contributed by atoms with Crippen LogP contribution in [-0.2, 0) is 4.74 Å². The van der Waals surface area contributed by atoms with Crippen molar-refractivity contribution in [2.75, 3.05) is 19.7 Å². The Hall–Kier alpha value is -0.120. The lowest BCUT2D eigenvalue weighted by molar-refractivity contribution is 0.0113. The maximum atomic E-state index is 5.62. The van der Waals surface area contributed by atoms with E-state index >= 15 is 0 Å². The second-order valence-corrected chi connectivity index (χ2v) is 3.87. The predicted octanol–water partition coefficient (Wildman–Crippen LogP) is 0.882. The van der Waals surface area contributed by atoms with Crippen LogP contribution in [0.4, 0.5) is 0 Å². The number of nitrogens with two attached hydrogens (primary N) is 1. The molecule has 1 aliphatic rings. The van der Waals surface area contributed by atoms with Crippen molar-refractivity contribution in [3.8, 4) is 0 Å². The standard InChI is InChI=1S/C10H22N2O/c1-9(8-11)12-6-5-10-4-2-3-7-13-10/h9-10,12H,2-8,11H2,1H3/t9-,10?/m1/s1. The Balaban J connectivity index is 1.98. The maximum absolute atomic E-state index is 5.62. The largest absolute Gasteiger partial charge is 0.378 e. The number of hydrogen-bond donors (Lipinski definition) is 2. The minimum Gasteiger partial charge on any atom is -0.378 e. The molecule has 0 aromatic rings. The Labute approximate surface area is 81.0 Å². The van der Waals surface area contributed by atoms with E-state index < -0.39 is 0 Å². The Morgan fingerprint density at radius 2 is 2.38 bits per heavy atom. The van der Waals surface area contributed by atoms with Crippen molar-refractivity contribution in [1.82, 2.24) is 5.32 Å². The highest BCUT2D eigenvalue weighted by atomic mass is 16.5. The molecule has 1 heterocycles. The minimum absolute atomic E-state index is 0.434. The second-order valence-electron chi connectivity index (χ2n) is 3.87. The molecule has 1 aliphatic heterocycles. The van der Waals surface area contributed by atoms with Crippen molar-refractivity contribution in [3.63, 3.8) is 0 Å². The van der Waals surface area contributed by atoms with E-state index in [2.05, 4.69) is 12.2 Å². The van der Waals surface area contributed by atoms with E-state index in [0.29, 0.717) is 18.7 Å². The molecule has 3 nitrogen and oxygen atoms in total. The second kappa shape index (κ2) is 6.35. The van der Waals surface area contributed by atoms with Gasteiger partial charge >= 0.3 is 0 Å². The van der Waals surface area contributed by atoms with E-state index in [1.54, 1.807) is 0 Å². The molecule has 2 atom stereocenters. The first-order valence-corrected chi connectivity index (χ1v) is 5.38. The Bertz CT molecular complexity index is 124. The van der Waals surface area contributed by atoms with Crippen LogP contribution in [0.25, 0.3) is 0 Å². The number of rotatable bonds is 5. The Kier molecular flexibility index (Phi) is 5.35. The molecule has 1 rings (SSSR count). The van der Waals surface area contributed by atoms with Crippen molar-refractivity contribution in [3.05, 3.63) is 0 Å². The van der Waals surface area contributed by atoms with Crippen LogP contribution < -0.4 is 11.1 Å². The zero-order chi connectivity index (χ0) is 9.52. The molecule has 13 heavy (non-hydrogen) atoms. The van der Waals surface area contributed by atoms with Crippen molar-refractivity contribution in [2.45, 2.75) is 44.8 Å². The molecular weight excluding hydrogens is 164 g/mol. The van der Waals surface area contributed by atoms with Gasteiger partial charge in [0.15, 0.2) is 0 Å². The van der Waals surface area contributed by atoms with E-state index in [1.165, 1.54) is 19.3 Å². The summed E-state index contributed by atoms with van der Waals surface area (Å²) in [5.74, 6) is 0. The Morgan fingerprint density at radius 3 is 3.00 bits per heavy atom. The van der Waals surface area contributed by atoms with Crippen molar-refractivity contribution in [1.29, 1.82) is 0 Å². The van der Waals surface area contributed by atoms with Gasteiger partial charge in [0.1, 0.15) is 0 Å². The number of nitrogens with one attached hydrogen (secondary N) is 1. The Morgan fingerprint density at radius 1 is 1.54 bits per heavy atom. The molecule has 0 radical (unpaired) electrons. The predicted molar refractivity (Wildman–Crippen MR) is 54.7 cm³/mol. The van der Waals surface area contributed by atoms with Gasteiger partial charge in [0.25, 0.3) is 0 Å². The summed E-state index contributed by atoms with van der Waals surface area (Å²) in [6.45, 7) is 4.81. The van der Waals surface area contributed by atoms with Gasteiger partial charge in [-0.1, -0.05) is 0 Å². The molecule has 0 amide bonds.